The largest absolute Gasteiger partial charge is 0.342 e. The molecule has 4 rings (SSSR count). The minimum Gasteiger partial charge on any atom is -0.342 e. The standard InChI is InChI=1S/C15H15NO2.ClH/c1-2-6-13-11(4-1)5-3-7-14(13)15-10-16-8-12(18-15)9-17-15;/h1-7,12,16H,8-10H2;1H. The Morgan fingerprint density at radius 1 is 1.11 bits per heavy atom. The van der Waals surface area contributed by atoms with Crippen LogP contribution >= 0.6 is 12.4 Å². The number of hydrogen-bond donors (Lipinski definition) is 1. The molecule has 2 saturated heterocycles. The van der Waals surface area contributed by atoms with Crippen LogP contribution in [0.4, 0.5) is 0 Å². The normalized spacial score (nSPS) is 29.2. The van der Waals surface area contributed by atoms with Crippen LogP contribution in [0.1, 0.15) is 5.56 Å². The summed E-state index contributed by atoms with van der Waals surface area (Å²) in [5, 5.41) is 5.84. The average molecular weight is 278 g/mol. The smallest absolute Gasteiger partial charge is 0.208 e. The number of hydrogen-bond acceptors (Lipinski definition) is 3. The molecule has 19 heavy (non-hydrogen) atoms. The Labute approximate surface area is 118 Å². The predicted octanol–water partition coefficient (Wildman–Crippen LogP) is 2.43. The Morgan fingerprint density at radius 2 is 1.95 bits per heavy atom. The molecule has 1 N–H and O–H groups in total. The van der Waals surface area contributed by atoms with Gasteiger partial charge in [0, 0.05) is 12.1 Å². The molecule has 2 bridgehead atoms. The van der Waals surface area contributed by atoms with Gasteiger partial charge < -0.3 is 14.8 Å². The van der Waals surface area contributed by atoms with E-state index in [1.54, 1.807) is 0 Å². The molecule has 3 nitrogen and oxygen atoms in total. The van der Waals surface area contributed by atoms with E-state index in [-0.39, 0.29) is 18.5 Å². The molecule has 100 valence electrons. The van der Waals surface area contributed by atoms with Crippen LogP contribution in [0.2, 0.25) is 0 Å². The second kappa shape index (κ2) is 4.76. The molecule has 0 amide bonds. The van der Waals surface area contributed by atoms with E-state index in [4.69, 9.17) is 9.47 Å². The van der Waals surface area contributed by atoms with Crippen molar-refractivity contribution in [3.05, 3.63) is 48.0 Å². The van der Waals surface area contributed by atoms with Gasteiger partial charge in [-0.05, 0) is 10.8 Å². The predicted molar refractivity (Wildman–Crippen MR) is 76.6 cm³/mol. The maximum Gasteiger partial charge on any atom is 0.208 e. The summed E-state index contributed by atoms with van der Waals surface area (Å²) in [6.45, 7) is 2.28. The van der Waals surface area contributed by atoms with Crippen LogP contribution < -0.4 is 5.32 Å². The first-order valence-corrected chi connectivity index (χ1v) is 6.38. The molecular formula is C15H16ClNO2. The number of halogens is 1. The van der Waals surface area contributed by atoms with E-state index in [0.29, 0.717) is 6.61 Å². The quantitative estimate of drug-likeness (QED) is 0.868. The van der Waals surface area contributed by atoms with Gasteiger partial charge >= 0.3 is 0 Å². The Kier molecular flexibility index (Phi) is 3.23. The number of fused-ring (bicyclic) bond motifs is 3. The Bertz CT molecular complexity index is 594. The maximum atomic E-state index is 6.09. The molecule has 2 atom stereocenters. The fraction of sp³-hybridized carbons (Fsp3) is 0.333. The van der Waals surface area contributed by atoms with Gasteiger partial charge in [-0.3, -0.25) is 0 Å². The molecule has 0 spiro atoms. The fourth-order valence-electron chi connectivity index (χ4n) is 2.95. The highest BCUT2D eigenvalue weighted by Crippen LogP contribution is 2.39. The third-order valence-corrected chi connectivity index (χ3v) is 3.79. The summed E-state index contributed by atoms with van der Waals surface area (Å²) in [6, 6.07) is 14.7. The summed E-state index contributed by atoms with van der Waals surface area (Å²) in [7, 11) is 0. The lowest BCUT2D eigenvalue weighted by Crippen LogP contribution is -2.46. The van der Waals surface area contributed by atoms with Crippen molar-refractivity contribution in [2.24, 2.45) is 0 Å². The number of rotatable bonds is 1. The highest BCUT2D eigenvalue weighted by atomic mass is 35.5. The molecule has 2 heterocycles. The monoisotopic (exact) mass is 277 g/mol. The second-order valence-corrected chi connectivity index (χ2v) is 4.96. The van der Waals surface area contributed by atoms with E-state index in [0.717, 1.165) is 18.7 Å². The Hall–Kier alpha value is -1.13. The molecule has 2 aromatic rings. The van der Waals surface area contributed by atoms with Crippen LogP contribution in [0.15, 0.2) is 42.5 Å². The molecule has 2 aliphatic rings. The van der Waals surface area contributed by atoms with Crippen molar-refractivity contribution < 1.29 is 9.47 Å². The zero-order chi connectivity index (χ0) is 12.0. The van der Waals surface area contributed by atoms with Crippen LogP contribution in [-0.2, 0) is 15.3 Å². The van der Waals surface area contributed by atoms with Gasteiger partial charge in [0.25, 0.3) is 0 Å². The van der Waals surface area contributed by atoms with E-state index < -0.39 is 5.79 Å². The van der Waals surface area contributed by atoms with Gasteiger partial charge in [-0.1, -0.05) is 42.5 Å². The van der Waals surface area contributed by atoms with E-state index in [9.17, 15) is 0 Å². The topological polar surface area (TPSA) is 30.5 Å². The average Bonchev–Trinajstić information content (AvgIpc) is 2.74. The van der Waals surface area contributed by atoms with Crippen LogP contribution in [0.3, 0.4) is 0 Å². The summed E-state index contributed by atoms with van der Waals surface area (Å²) in [5.74, 6) is -0.593. The summed E-state index contributed by atoms with van der Waals surface area (Å²) in [4.78, 5) is 0. The van der Waals surface area contributed by atoms with Crippen molar-refractivity contribution in [1.82, 2.24) is 5.32 Å². The van der Waals surface area contributed by atoms with E-state index in [1.165, 1.54) is 10.8 Å². The first kappa shape index (κ1) is 12.9. The maximum absolute atomic E-state index is 6.09. The van der Waals surface area contributed by atoms with Gasteiger partial charge in [0.15, 0.2) is 0 Å². The van der Waals surface area contributed by atoms with Gasteiger partial charge in [0.1, 0.15) is 0 Å². The van der Waals surface area contributed by atoms with Gasteiger partial charge in [-0.15, -0.1) is 12.4 Å². The molecule has 2 aliphatic heterocycles. The number of benzene rings is 2. The molecule has 0 aliphatic carbocycles. The highest BCUT2D eigenvalue weighted by Gasteiger charge is 2.46. The lowest BCUT2D eigenvalue weighted by atomic mass is 9.97. The molecule has 0 aromatic heterocycles. The minimum absolute atomic E-state index is 0. The Morgan fingerprint density at radius 3 is 2.89 bits per heavy atom. The molecule has 0 saturated carbocycles. The molecule has 0 radical (unpaired) electrons. The third-order valence-electron chi connectivity index (χ3n) is 3.79. The molecule has 2 aromatic carbocycles. The fourth-order valence-corrected chi connectivity index (χ4v) is 2.95. The second-order valence-electron chi connectivity index (χ2n) is 4.96. The first-order chi connectivity index (χ1) is 8.87. The van der Waals surface area contributed by atoms with Crippen LogP contribution in [-0.4, -0.2) is 25.8 Å². The van der Waals surface area contributed by atoms with Gasteiger partial charge in [0.05, 0.1) is 19.3 Å². The van der Waals surface area contributed by atoms with Crippen molar-refractivity contribution in [2.45, 2.75) is 11.9 Å². The third kappa shape index (κ3) is 1.94. The van der Waals surface area contributed by atoms with Crippen molar-refractivity contribution in [3.8, 4) is 0 Å². The molecule has 4 heteroatoms. The number of nitrogens with one attached hydrogen (secondary N) is 1. The van der Waals surface area contributed by atoms with Crippen molar-refractivity contribution in [1.29, 1.82) is 0 Å². The van der Waals surface area contributed by atoms with E-state index in [2.05, 4.69) is 47.8 Å². The molecular weight excluding hydrogens is 262 g/mol. The van der Waals surface area contributed by atoms with Crippen molar-refractivity contribution >= 4 is 23.2 Å². The minimum atomic E-state index is -0.593. The van der Waals surface area contributed by atoms with Crippen LogP contribution in [0.5, 0.6) is 0 Å². The van der Waals surface area contributed by atoms with Crippen LogP contribution in [0, 0.1) is 0 Å². The Balaban J connectivity index is 0.00000110. The van der Waals surface area contributed by atoms with E-state index in [1.807, 2.05) is 0 Å². The van der Waals surface area contributed by atoms with Crippen molar-refractivity contribution in [2.75, 3.05) is 19.7 Å². The zero-order valence-electron chi connectivity index (χ0n) is 10.5. The van der Waals surface area contributed by atoms with Gasteiger partial charge in [0.2, 0.25) is 5.79 Å². The van der Waals surface area contributed by atoms with Gasteiger partial charge in [-0.2, -0.15) is 0 Å². The molecule has 2 fully saturated rings. The summed E-state index contributed by atoms with van der Waals surface area (Å²) in [6.07, 6.45) is 0.178. The summed E-state index contributed by atoms with van der Waals surface area (Å²) < 4.78 is 12.1. The van der Waals surface area contributed by atoms with Gasteiger partial charge in [-0.25, -0.2) is 0 Å². The van der Waals surface area contributed by atoms with Crippen molar-refractivity contribution in [3.63, 3.8) is 0 Å². The van der Waals surface area contributed by atoms with E-state index >= 15 is 0 Å². The number of morpholine rings is 1. The summed E-state index contributed by atoms with van der Waals surface area (Å²) in [5.41, 5.74) is 1.13. The molecule has 2 unspecified atom stereocenters. The lowest BCUT2D eigenvalue weighted by molar-refractivity contribution is -0.185. The summed E-state index contributed by atoms with van der Waals surface area (Å²) >= 11 is 0. The lowest BCUT2D eigenvalue weighted by Gasteiger charge is -2.33. The van der Waals surface area contributed by atoms with Crippen LogP contribution in [0.25, 0.3) is 10.8 Å². The highest BCUT2D eigenvalue weighted by molar-refractivity contribution is 5.86. The number of ether oxygens (including phenoxy) is 2. The first-order valence-electron chi connectivity index (χ1n) is 6.38. The SMILES string of the molecule is Cl.c1ccc2c(C34CNCC(CO3)O4)cccc2c1. The zero-order valence-corrected chi connectivity index (χ0v) is 11.3.